The molecule has 4 rings (SSSR count). The molecule has 2 aliphatic rings. The number of aromatic nitrogens is 1. The van der Waals surface area contributed by atoms with Gasteiger partial charge in [0, 0.05) is 35.4 Å². The molecule has 3 atom stereocenters. The second-order valence-corrected chi connectivity index (χ2v) is 7.15. The van der Waals surface area contributed by atoms with E-state index in [2.05, 4.69) is 27.0 Å². The van der Waals surface area contributed by atoms with Crippen molar-refractivity contribution in [3.63, 3.8) is 0 Å². The lowest BCUT2D eigenvalue weighted by Crippen LogP contribution is -2.43. The highest BCUT2D eigenvalue weighted by molar-refractivity contribution is 7.19. The number of carbonyl (C=O) groups excluding carboxylic acids is 1. The number of hydrogen-bond donors (Lipinski definition) is 2. The van der Waals surface area contributed by atoms with Crippen molar-refractivity contribution in [1.82, 2.24) is 15.2 Å². The van der Waals surface area contributed by atoms with Crippen LogP contribution in [-0.4, -0.2) is 53.2 Å². The third kappa shape index (κ3) is 2.83. The van der Waals surface area contributed by atoms with E-state index in [1.807, 2.05) is 12.1 Å². The quantitative estimate of drug-likeness (QED) is 0.810. The normalized spacial score (nSPS) is 25.3. The van der Waals surface area contributed by atoms with E-state index in [0.717, 1.165) is 34.6 Å². The van der Waals surface area contributed by atoms with Crippen molar-refractivity contribution in [1.29, 1.82) is 0 Å². The highest BCUT2D eigenvalue weighted by atomic mass is 32.1. The van der Waals surface area contributed by atoms with E-state index in [-0.39, 0.29) is 18.6 Å². The number of aliphatic hydroxyl groups excluding tert-OH is 1. The molecule has 4 heterocycles. The molecule has 5 nitrogen and oxygen atoms in total. The van der Waals surface area contributed by atoms with E-state index in [0.29, 0.717) is 11.6 Å². The van der Waals surface area contributed by atoms with Crippen LogP contribution in [0.1, 0.15) is 21.8 Å². The van der Waals surface area contributed by atoms with Gasteiger partial charge in [-0.3, -0.25) is 9.78 Å². The van der Waals surface area contributed by atoms with Gasteiger partial charge in [-0.15, -0.1) is 11.3 Å². The third-order valence-electron chi connectivity index (χ3n) is 4.57. The van der Waals surface area contributed by atoms with Gasteiger partial charge in [-0.2, -0.15) is 0 Å². The van der Waals surface area contributed by atoms with E-state index in [4.69, 9.17) is 5.11 Å². The van der Waals surface area contributed by atoms with Crippen molar-refractivity contribution in [2.45, 2.75) is 12.5 Å². The van der Waals surface area contributed by atoms with Gasteiger partial charge in [0.05, 0.1) is 4.88 Å². The van der Waals surface area contributed by atoms with Gasteiger partial charge in [-0.1, -0.05) is 11.8 Å². The maximum Gasteiger partial charge on any atom is 0.270 e. The summed E-state index contributed by atoms with van der Waals surface area (Å²) in [6, 6.07) is 4.01. The predicted molar refractivity (Wildman–Crippen MR) is 89.4 cm³/mol. The summed E-state index contributed by atoms with van der Waals surface area (Å²) in [5.41, 5.74) is 0.457. The maximum absolute atomic E-state index is 12.5. The lowest BCUT2D eigenvalue weighted by molar-refractivity contribution is 0.0919. The number of aliphatic hydroxyl groups is 1. The lowest BCUT2D eigenvalue weighted by Gasteiger charge is -2.22. The monoisotopic (exact) mass is 327 g/mol. The van der Waals surface area contributed by atoms with E-state index < -0.39 is 0 Å². The second-order valence-electron chi connectivity index (χ2n) is 6.07. The highest BCUT2D eigenvalue weighted by Gasteiger charge is 2.38. The molecule has 23 heavy (non-hydrogen) atoms. The van der Waals surface area contributed by atoms with Crippen molar-refractivity contribution in [3.8, 4) is 11.8 Å². The van der Waals surface area contributed by atoms with Crippen molar-refractivity contribution in [3.05, 3.63) is 28.9 Å². The van der Waals surface area contributed by atoms with Gasteiger partial charge in [-0.05, 0) is 31.0 Å². The third-order valence-corrected chi connectivity index (χ3v) is 5.59. The molecule has 2 bridgehead atoms. The smallest absolute Gasteiger partial charge is 0.270 e. The zero-order valence-corrected chi connectivity index (χ0v) is 13.4. The number of fused-ring (bicyclic) bond motifs is 3. The number of nitrogens with zero attached hydrogens (tertiary/aromatic N) is 2. The first-order chi connectivity index (χ1) is 11.2. The number of piperidine rings is 1. The Labute approximate surface area is 138 Å². The van der Waals surface area contributed by atoms with Crippen LogP contribution >= 0.6 is 11.3 Å². The van der Waals surface area contributed by atoms with Crippen LogP contribution in [0, 0.1) is 17.8 Å². The predicted octanol–water partition coefficient (Wildman–Crippen LogP) is 1.07. The van der Waals surface area contributed by atoms with E-state index in [1.165, 1.54) is 17.8 Å². The summed E-state index contributed by atoms with van der Waals surface area (Å²) in [7, 11) is 0. The maximum atomic E-state index is 12.5. The fourth-order valence-corrected chi connectivity index (χ4v) is 4.38. The lowest BCUT2D eigenvalue weighted by atomic mass is 10.00. The number of amides is 1. The molecular weight excluding hydrogens is 310 g/mol. The summed E-state index contributed by atoms with van der Waals surface area (Å²) >= 11 is 1.51. The first kappa shape index (κ1) is 14.6. The topological polar surface area (TPSA) is 65.5 Å². The summed E-state index contributed by atoms with van der Waals surface area (Å²) < 4.78 is 0.990. The molecule has 0 aromatic carbocycles. The summed E-state index contributed by atoms with van der Waals surface area (Å²) in [5.74, 6) is 6.02. The number of thiophene rings is 1. The van der Waals surface area contributed by atoms with Crippen molar-refractivity contribution in [2.24, 2.45) is 5.92 Å². The molecule has 0 aliphatic carbocycles. The van der Waals surface area contributed by atoms with Crippen molar-refractivity contribution < 1.29 is 9.90 Å². The number of hydrogen-bond acceptors (Lipinski definition) is 5. The Morgan fingerprint density at radius 3 is 3.13 bits per heavy atom. The van der Waals surface area contributed by atoms with Gasteiger partial charge < -0.3 is 15.3 Å². The summed E-state index contributed by atoms with van der Waals surface area (Å²) in [5, 5.41) is 12.9. The van der Waals surface area contributed by atoms with Crippen LogP contribution in [0.3, 0.4) is 0 Å². The Morgan fingerprint density at radius 1 is 1.48 bits per heavy atom. The van der Waals surface area contributed by atoms with Crippen LogP contribution in [-0.2, 0) is 0 Å². The Bertz CT molecular complexity index is 820. The number of carbonyl (C=O) groups is 1. The molecule has 118 valence electrons. The van der Waals surface area contributed by atoms with Gasteiger partial charge in [0.2, 0.25) is 0 Å². The van der Waals surface area contributed by atoms with Crippen molar-refractivity contribution in [2.75, 3.05) is 26.2 Å². The number of nitrogens with one attached hydrogen (secondary N) is 1. The zero-order chi connectivity index (χ0) is 15.8. The van der Waals surface area contributed by atoms with Crippen LogP contribution in [0.15, 0.2) is 18.3 Å². The fourth-order valence-electron chi connectivity index (χ4n) is 3.44. The van der Waals surface area contributed by atoms with Gasteiger partial charge in [-0.25, -0.2) is 0 Å². The summed E-state index contributed by atoms with van der Waals surface area (Å²) in [6.45, 7) is 3.07. The van der Waals surface area contributed by atoms with Gasteiger partial charge >= 0.3 is 0 Å². The number of pyridine rings is 1. The fraction of sp³-hybridized carbons (Fsp3) is 0.412. The first-order valence-corrected chi connectivity index (χ1v) is 8.57. The molecule has 2 fully saturated rings. The Kier molecular flexibility index (Phi) is 3.77. The summed E-state index contributed by atoms with van der Waals surface area (Å²) in [4.78, 5) is 20.0. The molecule has 6 heteroatoms. The molecule has 2 saturated heterocycles. The van der Waals surface area contributed by atoms with E-state index in [1.54, 1.807) is 6.20 Å². The molecule has 2 N–H and O–H groups in total. The van der Waals surface area contributed by atoms with E-state index >= 15 is 0 Å². The minimum atomic E-state index is -0.153. The minimum Gasteiger partial charge on any atom is -0.384 e. The van der Waals surface area contributed by atoms with Gasteiger partial charge in [0.15, 0.2) is 0 Å². The molecule has 2 aromatic rings. The van der Waals surface area contributed by atoms with Crippen molar-refractivity contribution >= 4 is 27.3 Å². The molecule has 1 amide bonds. The van der Waals surface area contributed by atoms with Gasteiger partial charge in [0.25, 0.3) is 5.91 Å². The Hall–Kier alpha value is -1.94. The van der Waals surface area contributed by atoms with E-state index in [9.17, 15) is 4.79 Å². The molecule has 0 radical (unpaired) electrons. The Morgan fingerprint density at radius 2 is 2.39 bits per heavy atom. The van der Waals surface area contributed by atoms with Crippen LogP contribution in [0.5, 0.6) is 0 Å². The summed E-state index contributed by atoms with van der Waals surface area (Å²) in [6.07, 6.45) is 2.89. The minimum absolute atomic E-state index is 0.0953. The average Bonchev–Trinajstić information content (AvgIpc) is 3.26. The standard InChI is InChI=1S/C17H17N3O2S/c21-5-1-2-13-6-12-8-18-14(7-16(12)23-13)17(22)19-15-10-20-4-3-11(15)9-20/h6-8,11,15,21H,3-5,9-10H2,(H,19,22)/t11-,15?/m0/s1. The molecule has 2 unspecified atom stereocenters. The zero-order valence-electron chi connectivity index (χ0n) is 12.6. The van der Waals surface area contributed by atoms with Crippen LogP contribution in [0.4, 0.5) is 0 Å². The first-order valence-electron chi connectivity index (χ1n) is 7.75. The van der Waals surface area contributed by atoms with Crippen LogP contribution in [0.2, 0.25) is 0 Å². The average molecular weight is 327 g/mol. The highest BCUT2D eigenvalue weighted by Crippen LogP contribution is 2.28. The SMILES string of the molecule is O=C(NC1CN2CC[C@H]1C2)c1cc2sc(C#CCO)cc2cn1. The largest absolute Gasteiger partial charge is 0.384 e. The van der Waals surface area contributed by atoms with Crippen LogP contribution in [0.25, 0.3) is 10.1 Å². The second kappa shape index (κ2) is 5.93. The Balaban J connectivity index is 1.52. The molecule has 2 aromatic heterocycles. The number of rotatable bonds is 2. The van der Waals surface area contributed by atoms with Crippen LogP contribution < -0.4 is 5.32 Å². The molecule has 2 aliphatic heterocycles. The molecule has 0 saturated carbocycles. The molecular formula is C17H17N3O2S. The van der Waals surface area contributed by atoms with Gasteiger partial charge in [0.1, 0.15) is 12.3 Å². The molecule has 0 spiro atoms.